The van der Waals surface area contributed by atoms with Gasteiger partial charge in [-0.25, -0.2) is 4.57 Å². The van der Waals surface area contributed by atoms with E-state index in [9.17, 15) is 0 Å². The molecule has 0 aliphatic heterocycles. The molecular weight excluding hydrogens is 256 g/mol. The second-order valence-electron chi connectivity index (χ2n) is 5.43. The highest BCUT2D eigenvalue weighted by Gasteiger charge is 2.23. The van der Waals surface area contributed by atoms with Crippen LogP contribution in [0.2, 0.25) is 0 Å². The predicted octanol–water partition coefficient (Wildman–Crippen LogP) is 4.28. The molecule has 0 saturated heterocycles. The van der Waals surface area contributed by atoms with Gasteiger partial charge in [0.2, 0.25) is 0 Å². The Labute approximate surface area is 127 Å². The molecule has 0 saturated carbocycles. The SMILES string of the molecule is C=C/C(C)=C(\C(=C)C)n1cc[n+](C)c1-c1ccccc1C. The summed E-state index contributed by atoms with van der Waals surface area (Å²) in [5, 5.41) is 0. The lowest BCUT2D eigenvalue weighted by molar-refractivity contribution is -0.659. The van der Waals surface area contributed by atoms with Crippen LogP contribution in [0, 0.1) is 6.92 Å². The van der Waals surface area contributed by atoms with Crippen LogP contribution in [0.1, 0.15) is 19.4 Å². The molecule has 1 aromatic carbocycles. The van der Waals surface area contributed by atoms with Crippen LogP contribution in [-0.4, -0.2) is 4.57 Å². The summed E-state index contributed by atoms with van der Waals surface area (Å²) >= 11 is 0. The fourth-order valence-corrected chi connectivity index (χ4v) is 2.63. The Morgan fingerprint density at radius 3 is 2.48 bits per heavy atom. The van der Waals surface area contributed by atoms with E-state index in [1.165, 1.54) is 11.1 Å². The fourth-order valence-electron chi connectivity index (χ4n) is 2.63. The maximum Gasteiger partial charge on any atom is 0.294 e. The molecule has 1 aromatic heterocycles. The highest BCUT2D eigenvalue weighted by Crippen LogP contribution is 2.27. The first-order valence-electron chi connectivity index (χ1n) is 7.10. The maximum absolute atomic E-state index is 4.13. The van der Waals surface area contributed by atoms with Crippen LogP contribution in [0.5, 0.6) is 0 Å². The molecule has 2 rings (SSSR count). The summed E-state index contributed by atoms with van der Waals surface area (Å²) in [5.41, 5.74) is 5.72. The Balaban J connectivity index is 2.77. The monoisotopic (exact) mass is 279 g/mol. The lowest BCUT2D eigenvalue weighted by atomic mass is 10.1. The first kappa shape index (κ1) is 15.0. The zero-order valence-corrected chi connectivity index (χ0v) is 13.4. The van der Waals surface area contributed by atoms with Crippen LogP contribution >= 0.6 is 0 Å². The Hall–Kier alpha value is -2.35. The molecule has 0 unspecified atom stereocenters. The molecule has 0 amide bonds. The van der Waals surface area contributed by atoms with E-state index in [-0.39, 0.29) is 0 Å². The standard InChI is InChI=1S/C19H23N2/c1-7-15(4)18(14(2)3)21-13-12-20(6)19(21)17-11-9-8-10-16(17)5/h7-13H,1-2H2,3-6H3/q+1/b18-15+. The molecule has 0 aliphatic carbocycles. The number of nitrogens with zero attached hydrogens (tertiary/aromatic N) is 2. The summed E-state index contributed by atoms with van der Waals surface area (Å²) in [7, 11) is 2.07. The Bertz CT molecular complexity index is 730. The number of allylic oxidation sites excluding steroid dienone is 4. The number of imidazole rings is 1. The number of hydrogen-bond donors (Lipinski definition) is 0. The molecule has 0 N–H and O–H groups in total. The lowest BCUT2D eigenvalue weighted by Crippen LogP contribution is -2.29. The predicted molar refractivity (Wildman–Crippen MR) is 89.7 cm³/mol. The van der Waals surface area contributed by atoms with Crippen molar-refractivity contribution in [1.29, 1.82) is 0 Å². The third-order valence-electron chi connectivity index (χ3n) is 3.71. The number of aryl methyl sites for hydroxylation is 2. The molecule has 0 radical (unpaired) electrons. The van der Waals surface area contributed by atoms with E-state index in [1.54, 1.807) is 0 Å². The third kappa shape index (κ3) is 2.75. The van der Waals surface area contributed by atoms with Gasteiger partial charge in [0.15, 0.2) is 0 Å². The van der Waals surface area contributed by atoms with Crippen molar-refractivity contribution in [2.24, 2.45) is 7.05 Å². The van der Waals surface area contributed by atoms with Gasteiger partial charge in [-0.2, -0.15) is 4.57 Å². The van der Waals surface area contributed by atoms with Gasteiger partial charge in [-0.1, -0.05) is 37.4 Å². The minimum absolute atomic E-state index is 1.03. The van der Waals surface area contributed by atoms with Gasteiger partial charge in [-0.15, -0.1) is 0 Å². The van der Waals surface area contributed by atoms with Crippen LogP contribution < -0.4 is 4.57 Å². The molecule has 0 atom stereocenters. The summed E-state index contributed by atoms with van der Waals surface area (Å²) in [6.45, 7) is 14.3. The van der Waals surface area contributed by atoms with Crippen molar-refractivity contribution in [2.75, 3.05) is 0 Å². The van der Waals surface area contributed by atoms with Crippen molar-refractivity contribution in [3.8, 4) is 11.4 Å². The van der Waals surface area contributed by atoms with Crippen LogP contribution in [-0.2, 0) is 7.05 Å². The highest BCUT2D eigenvalue weighted by atomic mass is 15.1. The summed E-state index contributed by atoms with van der Waals surface area (Å²) in [6, 6.07) is 8.43. The van der Waals surface area contributed by atoms with E-state index in [2.05, 4.69) is 79.8 Å². The summed E-state index contributed by atoms with van der Waals surface area (Å²) in [6.07, 6.45) is 6.03. The molecule has 0 bridgehead atoms. The zero-order valence-electron chi connectivity index (χ0n) is 13.4. The van der Waals surface area contributed by atoms with Crippen molar-refractivity contribution in [1.82, 2.24) is 4.57 Å². The largest absolute Gasteiger partial charge is 0.294 e. The number of aromatic nitrogens is 2. The average Bonchev–Trinajstić information content (AvgIpc) is 2.81. The molecule has 2 nitrogen and oxygen atoms in total. The minimum Gasteiger partial charge on any atom is -0.232 e. The molecule has 0 aliphatic rings. The van der Waals surface area contributed by atoms with E-state index >= 15 is 0 Å². The van der Waals surface area contributed by atoms with Gasteiger partial charge in [0, 0.05) is 0 Å². The highest BCUT2D eigenvalue weighted by molar-refractivity contribution is 5.72. The van der Waals surface area contributed by atoms with Crippen LogP contribution in [0.3, 0.4) is 0 Å². The van der Waals surface area contributed by atoms with Gasteiger partial charge in [0.25, 0.3) is 5.82 Å². The van der Waals surface area contributed by atoms with E-state index < -0.39 is 0 Å². The van der Waals surface area contributed by atoms with Gasteiger partial charge in [0.05, 0.1) is 12.6 Å². The molecule has 21 heavy (non-hydrogen) atoms. The van der Waals surface area contributed by atoms with E-state index in [0.29, 0.717) is 0 Å². The normalized spacial score (nSPS) is 12.0. The quantitative estimate of drug-likeness (QED) is 0.583. The van der Waals surface area contributed by atoms with Gasteiger partial charge in [-0.3, -0.25) is 0 Å². The first-order chi connectivity index (χ1) is 9.97. The molecule has 2 heteroatoms. The second-order valence-corrected chi connectivity index (χ2v) is 5.43. The van der Waals surface area contributed by atoms with Crippen LogP contribution in [0.25, 0.3) is 17.1 Å². The summed E-state index contributed by atoms with van der Waals surface area (Å²) in [5.74, 6) is 1.15. The average molecular weight is 279 g/mol. The fraction of sp³-hybridized carbons (Fsp3) is 0.211. The molecule has 1 heterocycles. The van der Waals surface area contributed by atoms with E-state index in [1.807, 2.05) is 13.0 Å². The first-order valence-corrected chi connectivity index (χ1v) is 7.10. The van der Waals surface area contributed by atoms with Crippen molar-refractivity contribution in [3.63, 3.8) is 0 Å². The van der Waals surface area contributed by atoms with Crippen molar-refractivity contribution >= 4 is 5.70 Å². The molecule has 0 fully saturated rings. The van der Waals surface area contributed by atoms with Crippen LogP contribution in [0.15, 0.2) is 67.0 Å². The van der Waals surface area contributed by atoms with E-state index in [4.69, 9.17) is 0 Å². The number of benzene rings is 1. The van der Waals surface area contributed by atoms with Gasteiger partial charge in [0.1, 0.15) is 18.1 Å². The van der Waals surface area contributed by atoms with Gasteiger partial charge >= 0.3 is 0 Å². The molecular formula is C19H23N2+. The Kier molecular flexibility index (Phi) is 4.27. The second kappa shape index (κ2) is 5.96. The maximum atomic E-state index is 4.13. The molecule has 2 aromatic rings. The smallest absolute Gasteiger partial charge is 0.232 e. The number of hydrogen-bond acceptors (Lipinski definition) is 0. The summed E-state index contributed by atoms with van der Waals surface area (Å²) in [4.78, 5) is 0. The zero-order chi connectivity index (χ0) is 15.6. The Morgan fingerprint density at radius 1 is 1.24 bits per heavy atom. The molecule has 108 valence electrons. The van der Waals surface area contributed by atoms with Crippen molar-refractivity contribution < 1.29 is 4.57 Å². The lowest BCUT2D eigenvalue weighted by Gasteiger charge is -2.10. The third-order valence-corrected chi connectivity index (χ3v) is 3.71. The topological polar surface area (TPSA) is 8.81 Å². The minimum atomic E-state index is 1.03. The molecule has 0 spiro atoms. The van der Waals surface area contributed by atoms with E-state index in [0.717, 1.165) is 22.7 Å². The van der Waals surface area contributed by atoms with Crippen LogP contribution in [0.4, 0.5) is 0 Å². The van der Waals surface area contributed by atoms with Crippen molar-refractivity contribution in [2.45, 2.75) is 20.8 Å². The summed E-state index contributed by atoms with van der Waals surface area (Å²) < 4.78 is 4.34. The number of rotatable bonds is 4. The Morgan fingerprint density at radius 2 is 1.90 bits per heavy atom. The van der Waals surface area contributed by atoms with Gasteiger partial charge in [-0.05, 0) is 43.5 Å². The van der Waals surface area contributed by atoms with Gasteiger partial charge < -0.3 is 0 Å². The van der Waals surface area contributed by atoms with Crippen molar-refractivity contribution in [3.05, 3.63) is 72.6 Å².